The minimum Gasteiger partial charge on any atom is -0.506 e. The standard InChI is InChI=1S/C15H13ClN2O4/c16-12-4-2-1-3-10(12)5-8-15(20)17-13-9-11(18(21)22)6-7-14(13)19/h1-4,6-7,9,19H,5,8H2,(H,17,20). The number of nitro groups is 1. The van der Waals surface area contributed by atoms with Crippen LogP contribution >= 0.6 is 11.6 Å². The Morgan fingerprint density at radius 2 is 2.00 bits per heavy atom. The number of non-ortho nitro benzene ring substituents is 1. The van der Waals surface area contributed by atoms with Gasteiger partial charge in [-0.25, -0.2) is 0 Å². The molecule has 0 saturated heterocycles. The third kappa shape index (κ3) is 3.95. The Kier molecular flexibility index (Phi) is 4.95. The van der Waals surface area contributed by atoms with E-state index in [-0.39, 0.29) is 29.5 Å². The lowest BCUT2D eigenvalue weighted by atomic mass is 10.1. The quantitative estimate of drug-likeness (QED) is 0.501. The first-order chi connectivity index (χ1) is 10.5. The van der Waals surface area contributed by atoms with Crippen molar-refractivity contribution in [3.8, 4) is 5.75 Å². The van der Waals surface area contributed by atoms with Crippen molar-refractivity contribution in [2.24, 2.45) is 0 Å². The molecule has 6 nitrogen and oxygen atoms in total. The molecule has 0 aliphatic rings. The molecule has 7 heteroatoms. The second-order valence-corrected chi connectivity index (χ2v) is 5.01. The van der Waals surface area contributed by atoms with Gasteiger partial charge in [0.15, 0.2) is 0 Å². The predicted octanol–water partition coefficient (Wildman–Crippen LogP) is 3.53. The van der Waals surface area contributed by atoms with Crippen LogP contribution in [0.4, 0.5) is 11.4 Å². The smallest absolute Gasteiger partial charge is 0.271 e. The summed E-state index contributed by atoms with van der Waals surface area (Å²) in [4.78, 5) is 22.0. The van der Waals surface area contributed by atoms with Crippen molar-refractivity contribution >= 4 is 28.9 Å². The summed E-state index contributed by atoms with van der Waals surface area (Å²) in [6, 6.07) is 10.6. The van der Waals surface area contributed by atoms with E-state index >= 15 is 0 Å². The number of hydrogen-bond acceptors (Lipinski definition) is 4. The molecule has 0 unspecified atom stereocenters. The number of anilines is 1. The van der Waals surface area contributed by atoms with E-state index in [0.717, 1.165) is 17.7 Å². The SMILES string of the molecule is O=C(CCc1ccccc1Cl)Nc1cc([N+](=O)[O-])ccc1O. The molecule has 2 aromatic carbocycles. The lowest BCUT2D eigenvalue weighted by Gasteiger charge is -2.08. The number of hydrogen-bond donors (Lipinski definition) is 2. The number of phenolic OH excluding ortho intramolecular Hbond substituents is 1. The van der Waals surface area contributed by atoms with Crippen molar-refractivity contribution in [2.45, 2.75) is 12.8 Å². The second kappa shape index (κ2) is 6.91. The molecule has 0 aliphatic heterocycles. The van der Waals surface area contributed by atoms with Crippen LogP contribution in [0.25, 0.3) is 0 Å². The molecule has 0 spiro atoms. The first-order valence-electron chi connectivity index (χ1n) is 6.48. The van der Waals surface area contributed by atoms with Crippen LogP contribution in [0.2, 0.25) is 5.02 Å². The Bertz CT molecular complexity index is 718. The van der Waals surface area contributed by atoms with Gasteiger partial charge < -0.3 is 10.4 Å². The van der Waals surface area contributed by atoms with E-state index in [1.54, 1.807) is 12.1 Å². The average molecular weight is 321 g/mol. The molecule has 2 aromatic rings. The summed E-state index contributed by atoms with van der Waals surface area (Å²) in [5.41, 5.74) is 0.639. The van der Waals surface area contributed by atoms with Gasteiger partial charge in [0.1, 0.15) is 5.75 Å². The van der Waals surface area contributed by atoms with Crippen LogP contribution in [0.5, 0.6) is 5.75 Å². The Morgan fingerprint density at radius 3 is 2.68 bits per heavy atom. The van der Waals surface area contributed by atoms with E-state index in [2.05, 4.69) is 5.32 Å². The molecule has 2 N–H and O–H groups in total. The van der Waals surface area contributed by atoms with Gasteiger partial charge in [-0.05, 0) is 24.1 Å². The largest absolute Gasteiger partial charge is 0.506 e. The van der Waals surface area contributed by atoms with Gasteiger partial charge in [-0.1, -0.05) is 29.8 Å². The van der Waals surface area contributed by atoms with Crippen molar-refractivity contribution in [3.63, 3.8) is 0 Å². The Balaban J connectivity index is 2.02. The number of rotatable bonds is 5. The first-order valence-corrected chi connectivity index (χ1v) is 6.86. The monoisotopic (exact) mass is 320 g/mol. The van der Waals surface area contributed by atoms with Gasteiger partial charge in [0.2, 0.25) is 5.91 Å². The Morgan fingerprint density at radius 1 is 1.27 bits per heavy atom. The van der Waals surface area contributed by atoms with Crippen molar-refractivity contribution in [1.82, 2.24) is 0 Å². The highest BCUT2D eigenvalue weighted by atomic mass is 35.5. The highest BCUT2D eigenvalue weighted by Gasteiger charge is 2.13. The van der Waals surface area contributed by atoms with Crippen molar-refractivity contribution in [2.75, 3.05) is 5.32 Å². The van der Waals surface area contributed by atoms with Crippen LogP contribution in [-0.2, 0) is 11.2 Å². The summed E-state index contributed by atoms with van der Waals surface area (Å²) < 4.78 is 0. The maximum absolute atomic E-state index is 11.9. The molecule has 0 aliphatic carbocycles. The third-order valence-electron chi connectivity index (χ3n) is 3.04. The molecule has 0 heterocycles. The van der Waals surface area contributed by atoms with Crippen LogP contribution in [0.1, 0.15) is 12.0 Å². The molecule has 0 atom stereocenters. The Labute approximate surface area is 131 Å². The minimum absolute atomic E-state index is 0.0124. The number of nitro benzene ring substituents is 1. The summed E-state index contributed by atoms with van der Waals surface area (Å²) in [6.07, 6.45) is 0.576. The summed E-state index contributed by atoms with van der Waals surface area (Å²) in [5.74, 6) is -0.590. The number of carbonyl (C=O) groups is 1. The summed E-state index contributed by atoms with van der Waals surface area (Å²) >= 11 is 6.00. The van der Waals surface area contributed by atoms with Crippen LogP contribution in [0.3, 0.4) is 0 Å². The molecule has 2 rings (SSSR count). The summed E-state index contributed by atoms with van der Waals surface area (Å²) in [5, 5.41) is 23.4. The van der Waals surface area contributed by atoms with Gasteiger partial charge >= 0.3 is 0 Å². The predicted molar refractivity (Wildman–Crippen MR) is 83.2 cm³/mol. The van der Waals surface area contributed by atoms with Gasteiger partial charge in [0, 0.05) is 23.6 Å². The van der Waals surface area contributed by atoms with E-state index in [0.29, 0.717) is 11.4 Å². The van der Waals surface area contributed by atoms with E-state index in [9.17, 15) is 20.0 Å². The number of aryl methyl sites for hydroxylation is 1. The lowest BCUT2D eigenvalue weighted by molar-refractivity contribution is -0.384. The minimum atomic E-state index is -0.598. The molecule has 0 radical (unpaired) electrons. The van der Waals surface area contributed by atoms with Crippen molar-refractivity contribution in [3.05, 3.63) is 63.2 Å². The molecule has 0 saturated carbocycles. The molecular weight excluding hydrogens is 308 g/mol. The number of aromatic hydroxyl groups is 1. The first kappa shape index (κ1) is 15.8. The maximum Gasteiger partial charge on any atom is 0.271 e. The van der Waals surface area contributed by atoms with Crippen LogP contribution < -0.4 is 5.32 Å². The van der Waals surface area contributed by atoms with E-state index in [1.807, 2.05) is 12.1 Å². The number of nitrogens with zero attached hydrogens (tertiary/aromatic N) is 1. The van der Waals surface area contributed by atoms with Crippen LogP contribution in [-0.4, -0.2) is 15.9 Å². The van der Waals surface area contributed by atoms with E-state index in [1.165, 1.54) is 6.07 Å². The lowest BCUT2D eigenvalue weighted by Crippen LogP contribution is -2.12. The number of carbonyl (C=O) groups excluding carboxylic acids is 1. The zero-order valence-electron chi connectivity index (χ0n) is 11.5. The zero-order chi connectivity index (χ0) is 16.1. The fraction of sp³-hybridized carbons (Fsp3) is 0.133. The Hall–Kier alpha value is -2.60. The topological polar surface area (TPSA) is 92.5 Å². The van der Waals surface area contributed by atoms with E-state index in [4.69, 9.17) is 11.6 Å². The number of nitrogens with one attached hydrogen (secondary N) is 1. The molecule has 1 amide bonds. The van der Waals surface area contributed by atoms with Gasteiger partial charge in [0.25, 0.3) is 5.69 Å². The molecule has 0 bridgehead atoms. The van der Waals surface area contributed by atoms with Gasteiger partial charge in [-0.2, -0.15) is 0 Å². The fourth-order valence-electron chi connectivity index (χ4n) is 1.90. The molecule has 0 fully saturated rings. The van der Waals surface area contributed by atoms with Crippen LogP contribution in [0, 0.1) is 10.1 Å². The third-order valence-corrected chi connectivity index (χ3v) is 3.41. The van der Waals surface area contributed by atoms with E-state index < -0.39 is 4.92 Å². The summed E-state index contributed by atoms with van der Waals surface area (Å²) in [7, 11) is 0. The van der Waals surface area contributed by atoms with Gasteiger partial charge in [0.05, 0.1) is 10.6 Å². The molecular formula is C15H13ClN2O4. The molecule has 22 heavy (non-hydrogen) atoms. The van der Waals surface area contributed by atoms with Crippen LogP contribution in [0.15, 0.2) is 42.5 Å². The second-order valence-electron chi connectivity index (χ2n) is 4.60. The number of amides is 1. The fourth-order valence-corrected chi connectivity index (χ4v) is 2.13. The molecule has 0 aromatic heterocycles. The molecule has 114 valence electrons. The highest BCUT2D eigenvalue weighted by molar-refractivity contribution is 6.31. The number of benzene rings is 2. The van der Waals surface area contributed by atoms with Crippen molar-refractivity contribution < 1.29 is 14.8 Å². The van der Waals surface area contributed by atoms with Crippen molar-refractivity contribution in [1.29, 1.82) is 0 Å². The summed E-state index contributed by atoms with van der Waals surface area (Å²) in [6.45, 7) is 0. The van der Waals surface area contributed by atoms with Gasteiger partial charge in [-0.3, -0.25) is 14.9 Å². The number of phenols is 1. The zero-order valence-corrected chi connectivity index (χ0v) is 12.2. The highest BCUT2D eigenvalue weighted by Crippen LogP contribution is 2.28. The number of halogens is 1. The van der Waals surface area contributed by atoms with Gasteiger partial charge in [-0.15, -0.1) is 0 Å². The normalized spacial score (nSPS) is 10.2. The maximum atomic E-state index is 11.9. The average Bonchev–Trinajstić information content (AvgIpc) is 2.48.